The second-order valence-corrected chi connectivity index (χ2v) is 7.41. The van der Waals surface area contributed by atoms with Gasteiger partial charge in [-0.3, -0.25) is 0 Å². The fraction of sp³-hybridized carbons (Fsp3) is 0.571. The molecule has 1 aromatic carbocycles. The number of methoxy groups -OCH3 is 2. The van der Waals surface area contributed by atoms with Crippen LogP contribution < -0.4 is 14.8 Å². The molecule has 0 bridgehead atoms. The molecule has 1 saturated heterocycles. The van der Waals surface area contributed by atoms with Gasteiger partial charge in [0.25, 0.3) is 0 Å². The predicted molar refractivity (Wildman–Crippen MR) is 79.7 cm³/mol. The van der Waals surface area contributed by atoms with Crippen molar-refractivity contribution in [3.63, 3.8) is 0 Å². The van der Waals surface area contributed by atoms with Gasteiger partial charge in [-0.15, -0.1) is 0 Å². The first-order chi connectivity index (χ1) is 9.95. The second kappa shape index (κ2) is 6.53. The molecule has 1 heterocycles. The van der Waals surface area contributed by atoms with E-state index in [2.05, 4.69) is 5.32 Å². The summed E-state index contributed by atoms with van der Waals surface area (Å²) in [6, 6.07) is 3.39. The van der Waals surface area contributed by atoms with E-state index in [1.807, 2.05) is 0 Å². The smallest absolute Gasteiger partial charge is 0.200 e. The second-order valence-electron chi connectivity index (χ2n) is 5.18. The van der Waals surface area contributed by atoms with E-state index in [1.54, 1.807) is 12.1 Å². The maximum Gasteiger partial charge on any atom is 0.200 e. The van der Waals surface area contributed by atoms with Gasteiger partial charge in [-0.25, -0.2) is 8.42 Å². The van der Waals surface area contributed by atoms with Crippen LogP contribution in [0.5, 0.6) is 17.2 Å². The zero-order valence-electron chi connectivity index (χ0n) is 12.3. The summed E-state index contributed by atoms with van der Waals surface area (Å²) >= 11 is 0. The van der Waals surface area contributed by atoms with Crippen LogP contribution in [0.15, 0.2) is 12.1 Å². The average Bonchev–Trinajstić information content (AvgIpc) is 2.45. The van der Waals surface area contributed by atoms with Crippen molar-refractivity contribution >= 4 is 9.84 Å². The van der Waals surface area contributed by atoms with Gasteiger partial charge in [0.05, 0.1) is 25.7 Å². The van der Waals surface area contributed by atoms with Crippen molar-refractivity contribution in [1.82, 2.24) is 5.32 Å². The Bertz CT molecular complexity index is 574. The standard InChI is InChI=1S/C14H21NO5S/c1-19-12-6-10(7-13(20-2)14(12)16)8-15-11-4-3-5-21(17,18)9-11/h6-7,11,15-16H,3-5,8-9H2,1-2H3. The molecule has 1 unspecified atom stereocenters. The van der Waals surface area contributed by atoms with Crippen LogP contribution in [0.4, 0.5) is 0 Å². The number of nitrogens with one attached hydrogen (secondary N) is 1. The summed E-state index contributed by atoms with van der Waals surface area (Å²) in [5.41, 5.74) is 0.865. The molecule has 0 amide bonds. The van der Waals surface area contributed by atoms with Gasteiger partial charge >= 0.3 is 0 Å². The number of rotatable bonds is 5. The summed E-state index contributed by atoms with van der Waals surface area (Å²) in [5.74, 6) is 1.10. The molecule has 2 rings (SSSR count). The number of hydrogen-bond donors (Lipinski definition) is 2. The van der Waals surface area contributed by atoms with Crippen LogP contribution in [0.2, 0.25) is 0 Å². The molecule has 0 aromatic heterocycles. The van der Waals surface area contributed by atoms with Gasteiger partial charge in [0.1, 0.15) is 0 Å². The Hall–Kier alpha value is -1.47. The molecular formula is C14H21NO5S. The molecule has 1 atom stereocenters. The topological polar surface area (TPSA) is 84.9 Å². The van der Waals surface area contributed by atoms with Crippen LogP contribution in [0.25, 0.3) is 0 Å². The van der Waals surface area contributed by atoms with Crippen LogP contribution in [0.3, 0.4) is 0 Å². The third-order valence-corrected chi connectivity index (χ3v) is 5.42. The summed E-state index contributed by atoms with van der Waals surface area (Å²) in [7, 11) is 0.0227. The van der Waals surface area contributed by atoms with Crippen molar-refractivity contribution in [1.29, 1.82) is 0 Å². The zero-order chi connectivity index (χ0) is 15.5. The minimum Gasteiger partial charge on any atom is -0.502 e. The Labute approximate surface area is 125 Å². The summed E-state index contributed by atoms with van der Waals surface area (Å²) in [6.07, 6.45) is 1.55. The molecule has 1 aliphatic rings. The van der Waals surface area contributed by atoms with Crippen molar-refractivity contribution < 1.29 is 23.0 Å². The van der Waals surface area contributed by atoms with Crippen molar-refractivity contribution in [2.24, 2.45) is 0 Å². The van der Waals surface area contributed by atoms with Gasteiger partial charge in [0.2, 0.25) is 5.75 Å². The van der Waals surface area contributed by atoms with Gasteiger partial charge in [-0.1, -0.05) is 0 Å². The van der Waals surface area contributed by atoms with E-state index in [0.717, 1.165) is 12.0 Å². The average molecular weight is 315 g/mol. The molecule has 118 valence electrons. The molecule has 1 aromatic rings. The monoisotopic (exact) mass is 315 g/mol. The highest BCUT2D eigenvalue weighted by atomic mass is 32.2. The first kappa shape index (κ1) is 15.9. The van der Waals surface area contributed by atoms with E-state index < -0.39 is 9.84 Å². The SMILES string of the molecule is COc1cc(CNC2CCCS(=O)(=O)C2)cc(OC)c1O. The minimum absolute atomic E-state index is 0.0328. The third-order valence-electron chi connectivity index (χ3n) is 3.60. The van der Waals surface area contributed by atoms with E-state index in [4.69, 9.17) is 9.47 Å². The predicted octanol–water partition coefficient (Wildman–Crippen LogP) is 1.08. The maximum atomic E-state index is 11.6. The highest BCUT2D eigenvalue weighted by Crippen LogP contribution is 2.37. The summed E-state index contributed by atoms with van der Waals surface area (Å²) < 4.78 is 33.4. The highest BCUT2D eigenvalue weighted by Gasteiger charge is 2.24. The Balaban J connectivity index is 2.06. The molecule has 0 saturated carbocycles. The Morgan fingerprint density at radius 1 is 1.29 bits per heavy atom. The molecule has 0 spiro atoms. The number of phenols is 1. The molecular weight excluding hydrogens is 294 g/mol. The number of aromatic hydroxyl groups is 1. The number of ether oxygens (including phenoxy) is 2. The van der Waals surface area contributed by atoms with Gasteiger partial charge in [-0.05, 0) is 30.5 Å². The van der Waals surface area contributed by atoms with E-state index in [1.165, 1.54) is 14.2 Å². The number of sulfone groups is 1. The zero-order valence-corrected chi connectivity index (χ0v) is 13.1. The Morgan fingerprint density at radius 3 is 2.43 bits per heavy atom. The summed E-state index contributed by atoms with van der Waals surface area (Å²) in [4.78, 5) is 0. The largest absolute Gasteiger partial charge is 0.502 e. The van der Waals surface area contributed by atoms with Gasteiger partial charge in [0, 0.05) is 12.6 Å². The number of benzene rings is 1. The summed E-state index contributed by atoms with van der Waals surface area (Å²) in [6.45, 7) is 0.493. The first-order valence-electron chi connectivity index (χ1n) is 6.83. The van der Waals surface area contributed by atoms with Crippen molar-refractivity contribution in [2.45, 2.75) is 25.4 Å². The fourth-order valence-corrected chi connectivity index (χ4v) is 4.17. The van der Waals surface area contributed by atoms with Crippen molar-refractivity contribution in [3.8, 4) is 17.2 Å². The molecule has 7 heteroatoms. The maximum absolute atomic E-state index is 11.6. The van der Waals surface area contributed by atoms with Crippen molar-refractivity contribution in [2.75, 3.05) is 25.7 Å². The third kappa shape index (κ3) is 4.01. The quantitative estimate of drug-likeness (QED) is 0.846. The lowest BCUT2D eigenvalue weighted by Gasteiger charge is -2.23. The van der Waals surface area contributed by atoms with Gasteiger partial charge in [-0.2, -0.15) is 0 Å². The van der Waals surface area contributed by atoms with E-state index >= 15 is 0 Å². The van der Waals surface area contributed by atoms with Crippen LogP contribution in [-0.2, 0) is 16.4 Å². The molecule has 1 aliphatic heterocycles. The van der Waals surface area contributed by atoms with Crippen molar-refractivity contribution in [3.05, 3.63) is 17.7 Å². The van der Waals surface area contributed by atoms with Gasteiger partial charge in [0.15, 0.2) is 21.3 Å². The van der Waals surface area contributed by atoms with E-state index in [-0.39, 0.29) is 23.3 Å². The Kier molecular flexibility index (Phi) is 4.95. The van der Waals surface area contributed by atoms with Crippen LogP contribution >= 0.6 is 0 Å². The fourth-order valence-electron chi connectivity index (χ4n) is 2.50. The van der Waals surface area contributed by atoms with Crippen LogP contribution in [-0.4, -0.2) is 45.3 Å². The number of phenolic OH excluding ortho intramolecular Hbond substituents is 1. The molecule has 0 radical (unpaired) electrons. The Morgan fingerprint density at radius 2 is 1.90 bits per heavy atom. The molecule has 1 fully saturated rings. The lowest BCUT2D eigenvalue weighted by atomic mass is 10.1. The first-order valence-corrected chi connectivity index (χ1v) is 8.65. The van der Waals surface area contributed by atoms with Crippen LogP contribution in [0, 0.1) is 0 Å². The molecule has 2 N–H and O–H groups in total. The van der Waals surface area contributed by atoms with Crippen LogP contribution in [0.1, 0.15) is 18.4 Å². The molecule has 21 heavy (non-hydrogen) atoms. The van der Waals surface area contributed by atoms with E-state index in [9.17, 15) is 13.5 Å². The van der Waals surface area contributed by atoms with E-state index in [0.29, 0.717) is 24.5 Å². The summed E-state index contributed by atoms with van der Waals surface area (Å²) in [5, 5.41) is 13.1. The lowest BCUT2D eigenvalue weighted by molar-refractivity contribution is 0.338. The minimum atomic E-state index is -2.92. The molecule has 0 aliphatic carbocycles. The highest BCUT2D eigenvalue weighted by molar-refractivity contribution is 7.91. The number of hydrogen-bond acceptors (Lipinski definition) is 6. The normalized spacial score (nSPS) is 21.0. The van der Waals surface area contributed by atoms with Gasteiger partial charge < -0.3 is 19.9 Å². The lowest BCUT2D eigenvalue weighted by Crippen LogP contribution is -2.39. The molecule has 6 nitrogen and oxygen atoms in total.